The van der Waals surface area contributed by atoms with Crippen LogP contribution in [0.25, 0.3) is 0 Å². The monoisotopic (exact) mass is 284 g/mol. The highest BCUT2D eigenvalue weighted by atomic mass is 14.3. The molecule has 0 radical (unpaired) electrons. The standard InChI is InChI=1S/C21H32/c1-3-5-17-8-11-21-15-20(13-12-19(21)14-17)18-9-6-16(4-2)7-10-18/h12-13,15-18H,3-11,14H2,1-2H3. The average molecular weight is 284 g/mol. The number of hydrogen-bond donors (Lipinski definition) is 0. The molecule has 21 heavy (non-hydrogen) atoms. The molecule has 1 fully saturated rings. The van der Waals surface area contributed by atoms with Gasteiger partial charge in [-0.3, -0.25) is 0 Å². The van der Waals surface area contributed by atoms with Crippen LogP contribution in [0, 0.1) is 11.8 Å². The fraction of sp³-hybridized carbons (Fsp3) is 0.714. The van der Waals surface area contributed by atoms with Gasteiger partial charge in [-0.25, -0.2) is 0 Å². The summed E-state index contributed by atoms with van der Waals surface area (Å²) in [5.41, 5.74) is 4.99. The predicted molar refractivity (Wildman–Crippen MR) is 91.9 cm³/mol. The van der Waals surface area contributed by atoms with E-state index in [-0.39, 0.29) is 0 Å². The van der Waals surface area contributed by atoms with Crippen LogP contribution in [0.1, 0.15) is 87.8 Å². The molecule has 0 aromatic heterocycles. The van der Waals surface area contributed by atoms with Gasteiger partial charge in [-0.05, 0) is 79.4 Å². The Labute approximate surface area is 131 Å². The number of rotatable bonds is 4. The maximum absolute atomic E-state index is 2.58. The maximum Gasteiger partial charge on any atom is -0.0162 e. The fourth-order valence-corrected chi connectivity index (χ4v) is 4.66. The van der Waals surface area contributed by atoms with Gasteiger partial charge < -0.3 is 0 Å². The topological polar surface area (TPSA) is 0 Å². The lowest BCUT2D eigenvalue weighted by atomic mass is 9.75. The molecule has 0 heteroatoms. The molecule has 2 aliphatic carbocycles. The van der Waals surface area contributed by atoms with Crippen molar-refractivity contribution in [2.45, 2.75) is 84.0 Å². The van der Waals surface area contributed by atoms with E-state index in [4.69, 9.17) is 0 Å². The quantitative estimate of drug-likeness (QED) is 0.610. The van der Waals surface area contributed by atoms with E-state index in [1.54, 1.807) is 16.7 Å². The summed E-state index contributed by atoms with van der Waals surface area (Å²) in [6.07, 6.45) is 14.0. The van der Waals surface area contributed by atoms with Crippen LogP contribution in [0.3, 0.4) is 0 Å². The number of fused-ring (bicyclic) bond motifs is 1. The van der Waals surface area contributed by atoms with Gasteiger partial charge in [0.05, 0.1) is 0 Å². The van der Waals surface area contributed by atoms with Crippen LogP contribution in [0.15, 0.2) is 18.2 Å². The molecule has 0 heterocycles. The van der Waals surface area contributed by atoms with Crippen molar-refractivity contribution >= 4 is 0 Å². The number of hydrogen-bond acceptors (Lipinski definition) is 0. The fourth-order valence-electron chi connectivity index (χ4n) is 4.66. The summed E-state index contributed by atoms with van der Waals surface area (Å²) in [4.78, 5) is 0. The van der Waals surface area contributed by atoms with Crippen LogP contribution >= 0.6 is 0 Å². The third-order valence-corrected chi connectivity index (χ3v) is 6.15. The minimum absolute atomic E-state index is 0.853. The highest BCUT2D eigenvalue weighted by Gasteiger charge is 2.23. The van der Waals surface area contributed by atoms with Gasteiger partial charge in [-0.15, -0.1) is 0 Å². The first kappa shape index (κ1) is 15.1. The van der Waals surface area contributed by atoms with Gasteiger partial charge in [0.1, 0.15) is 0 Å². The van der Waals surface area contributed by atoms with E-state index in [1.165, 1.54) is 64.2 Å². The molecule has 0 saturated heterocycles. The molecule has 1 unspecified atom stereocenters. The van der Waals surface area contributed by atoms with Gasteiger partial charge in [-0.1, -0.05) is 51.3 Å². The Balaban J connectivity index is 1.67. The molecule has 3 rings (SSSR count). The molecule has 1 saturated carbocycles. The average Bonchev–Trinajstić information content (AvgIpc) is 2.55. The number of aryl methyl sites for hydroxylation is 1. The molecule has 116 valence electrons. The van der Waals surface area contributed by atoms with Crippen LogP contribution in [-0.2, 0) is 12.8 Å². The van der Waals surface area contributed by atoms with E-state index < -0.39 is 0 Å². The minimum atomic E-state index is 0.853. The van der Waals surface area contributed by atoms with Crippen molar-refractivity contribution in [1.29, 1.82) is 0 Å². The SMILES string of the molecule is CCCC1CCc2cc(C3CCC(CC)CC3)ccc2C1. The van der Waals surface area contributed by atoms with Crippen molar-refractivity contribution in [3.63, 3.8) is 0 Å². The molecule has 1 aromatic rings. The van der Waals surface area contributed by atoms with Crippen LogP contribution in [0.2, 0.25) is 0 Å². The highest BCUT2D eigenvalue weighted by molar-refractivity contribution is 5.36. The Hall–Kier alpha value is -0.780. The van der Waals surface area contributed by atoms with E-state index >= 15 is 0 Å². The second-order valence-electron chi connectivity index (χ2n) is 7.55. The molecule has 0 aliphatic heterocycles. The minimum Gasteiger partial charge on any atom is -0.0654 e. The van der Waals surface area contributed by atoms with Crippen LogP contribution in [-0.4, -0.2) is 0 Å². The summed E-state index contributed by atoms with van der Waals surface area (Å²) in [6, 6.07) is 7.51. The van der Waals surface area contributed by atoms with Crippen molar-refractivity contribution in [1.82, 2.24) is 0 Å². The molecule has 0 N–H and O–H groups in total. The molecule has 1 aromatic carbocycles. The van der Waals surface area contributed by atoms with Crippen molar-refractivity contribution in [2.75, 3.05) is 0 Å². The largest absolute Gasteiger partial charge is 0.0654 e. The van der Waals surface area contributed by atoms with Crippen molar-refractivity contribution in [3.05, 3.63) is 34.9 Å². The zero-order valence-electron chi connectivity index (χ0n) is 14.0. The second-order valence-corrected chi connectivity index (χ2v) is 7.55. The number of benzene rings is 1. The van der Waals surface area contributed by atoms with E-state index in [2.05, 4.69) is 32.0 Å². The lowest BCUT2D eigenvalue weighted by Gasteiger charge is -2.30. The molecule has 1 atom stereocenters. The first-order valence-electron chi connectivity index (χ1n) is 9.41. The smallest absolute Gasteiger partial charge is 0.0162 e. The summed E-state index contributed by atoms with van der Waals surface area (Å²) in [5, 5.41) is 0. The van der Waals surface area contributed by atoms with Crippen molar-refractivity contribution < 1.29 is 0 Å². The van der Waals surface area contributed by atoms with Gasteiger partial charge in [0.25, 0.3) is 0 Å². The third-order valence-electron chi connectivity index (χ3n) is 6.15. The molecule has 0 nitrogen and oxygen atoms in total. The Morgan fingerprint density at radius 1 is 0.905 bits per heavy atom. The Morgan fingerprint density at radius 3 is 2.43 bits per heavy atom. The molecule has 0 spiro atoms. The first-order chi connectivity index (χ1) is 10.3. The van der Waals surface area contributed by atoms with Crippen LogP contribution in [0.5, 0.6) is 0 Å². The van der Waals surface area contributed by atoms with Crippen molar-refractivity contribution in [3.8, 4) is 0 Å². The summed E-state index contributed by atoms with van der Waals surface area (Å²) in [7, 11) is 0. The molecular formula is C21H32. The highest BCUT2D eigenvalue weighted by Crippen LogP contribution is 2.38. The van der Waals surface area contributed by atoms with Crippen LogP contribution < -0.4 is 0 Å². The zero-order valence-corrected chi connectivity index (χ0v) is 14.0. The Kier molecular flexibility index (Phi) is 5.03. The lowest BCUT2D eigenvalue weighted by molar-refractivity contribution is 0.318. The Morgan fingerprint density at radius 2 is 1.71 bits per heavy atom. The van der Waals surface area contributed by atoms with E-state index in [9.17, 15) is 0 Å². The molecular weight excluding hydrogens is 252 g/mol. The summed E-state index contributed by atoms with van der Waals surface area (Å²) >= 11 is 0. The van der Waals surface area contributed by atoms with Gasteiger partial charge in [0.15, 0.2) is 0 Å². The molecule has 0 amide bonds. The van der Waals surface area contributed by atoms with E-state index in [0.29, 0.717) is 0 Å². The van der Waals surface area contributed by atoms with Gasteiger partial charge in [0.2, 0.25) is 0 Å². The van der Waals surface area contributed by atoms with E-state index in [1.807, 2.05) is 0 Å². The van der Waals surface area contributed by atoms with E-state index in [0.717, 1.165) is 17.8 Å². The maximum atomic E-state index is 2.58. The Bertz CT molecular complexity index is 451. The first-order valence-corrected chi connectivity index (χ1v) is 9.41. The normalized spacial score (nSPS) is 29.1. The predicted octanol–water partition coefficient (Wildman–Crippen LogP) is 6.28. The van der Waals surface area contributed by atoms with Gasteiger partial charge in [-0.2, -0.15) is 0 Å². The third kappa shape index (κ3) is 3.52. The van der Waals surface area contributed by atoms with Crippen molar-refractivity contribution in [2.24, 2.45) is 11.8 Å². The molecule has 0 bridgehead atoms. The van der Waals surface area contributed by atoms with Crippen LogP contribution in [0.4, 0.5) is 0 Å². The summed E-state index contributed by atoms with van der Waals surface area (Å²) in [6.45, 7) is 4.68. The lowest BCUT2D eigenvalue weighted by Crippen LogP contribution is -2.16. The van der Waals surface area contributed by atoms with Gasteiger partial charge in [0, 0.05) is 0 Å². The van der Waals surface area contributed by atoms with Gasteiger partial charge >= 0.3 is 0 Å². The summed E-state index contributed by atoms with van der Waals surface area (Å²) < 4.78 is 0. The second kappa shape index (κ2) is 6.99. The summed E-state index contributed by atoms with van der Waals surface area (Å²) in [5.74, 6) is 2.81. The zero-order chi connectivity index (χ0) is 14.7. The molecule has 2 aliphatic rings.